The van der Waals surface area contributed by atoms with Crippen molar-refractivity contribution >= 4 is 23.2 Å². The van der Waals surface area contributed by atoms with Crippen LogP contribution in [0.2, 0.25) is 5.02 Å². The summed E-state index contributed by atoms with van der Waals surface area (Å²) in [6, 6.07) is 4.27. The summed E-state index contributed by atoms with van der Waals surface area (Å²) >= 11 is 5.71. The fourth-order valence-electron chi connectivity index (χ4n) is 3.57. The normalized spacial score (nSPS) is 25.5. The molecule has 3 rings (SSSR count). The Labute approximate surface area is 135 Å². The molecule has 2 N–H and O–H groups in total. The Morgan fingerprint density at radius 3 is 3.05 bits per heavy atom. The van der Waals surface area contributed by atoms with Gasteiger partial charge in [-0.2, -0.15) is 0 Å². The molecule has 6 heteroatoms. The van der Waals surface area contributed by atoms with Gasteiger partial charge in [0.2, 0.25) is 5.91 Å². The molecule has 2 aliphatic heterocycles. The number of hydrogen-bond donors (Lipinski definition) is 2. The average Bonchev–Trinajstić information content (AvgIpc) is 2.90. The highest BCUT2D eigenvalue weighted by Gasteiger charge is 2.38. The summed E-state index contributed by atoms with van der Waals surface area (Å²) in [6.45, 7) is 4.28. The third kappa shape index (κ3) is 3.59. The minimum absolute atomic E-state index is 0.177. The molecule has 2 heterocycles. The van der Waals surface area contributed by atoms with Crippen LogP contribution in [0.1, 0.15) is 19.3 Å². The van der Waals surface area contributed by atoms with E-state index in [1.54, 1.807) is 6.07 Å². The molecule has 1 unspecified atom stereocenters. The van der Waals surface area contributed by atoms with Crippen LogP contribution in [-0.2, 0) is 4.79 Å². The first kappa shape index (κ1) is 15.7. The summed E-state index contributed by atoms with van der Waals surface area (Å²) in [5.41, 5.74) is 0.507. The molecular weight excluding hydrogens is 305 g/mol. The predicted molar refractivity (Wildman–Crippen MR) is 85.6 cm³/mol. The Bertz CT molecular complexity index is 560. The van der Waals surface area contributed by atoms with E-state index in [0.29, 0.717) is 17.0 Å². The maximum Gasteiger partial charge on any atom is 0.238 e. The van der Waals surface area contributed by atoms with E-state index in [1.165, 1.54) is 25.0 Å². The highest BCUT2D eigenvalue weighted by atomic mass is 35.5. The first-order valence-electron chi connectivity index (χ1n) is 7.74. The summed E-state index contributed by atoms with van der Waals surface area (Å²) in [5, 5.41) is 6.38. The number of nitrogens with zero attached hydrogens (tertiary/aromatic N) is 1. The number of hydrogen-bond acceptors (Lipinski definition) is 3. The van der Waals surface area contributed by atoms with Crippen LogP contribution < -0.4 is 10.6 Å². The van der Waals surface area contributed by atoms with Crippen LogP contribution in [0, 0.1) is 11.2 Å². The van der Waals surface area contributed by atoms with Crippen LogP contribution in [0.25, 0.3) is 0 Å². The van der Waals surface area contributed by atoms with E-state index >= 15 is 0 Å². The van der Waals surface area contributed by atoms with E-state index in [1.807, 2.05) is 0 Å². The number of benzene rings is 1. The smallest absolute Gasteiger partial charge is 0.238 e. The van der Waals surface area contributed by atoms with E-state index in [2.05, 4.69) is 15.5 Å². The van der Waals surface area contributed by atoms with Gasteiger partial charge in [-0.25, -0.2) is 4.39 Å². The van der Waals surface area contributed by atoms with Crippen molar-refractivity contribution in [2.75, 3.05) is 38.0 Å². The van der Waals surface area contributed by atoms with Gasteiger partial charge in [-0.05, 0) is 56.0 Å². The third-order valence-corrected chi connectivity index (χ3v) is 4.88. The second-order valence-corrected chi connectivity index (χ2v) is 6.85. The highest BCUT2D eigenvalue weighted by Crippen LogP contribution is 2.35. The van der Waals surface area contributed by atoms with Crippen molar-refractivity contribution in [1.82, 2.24) is 10.2 Å². The van der Waals surface area contributed by atoms with Crippen molar-refractivity contribution in [1.29, 1.82) is 0 Å². The summed E-state index contributed by atoms with van der Waals surface area (Å²) in [4.78, 5) is 14.3. The number of likely N-dealkylation sites (tertiary alicyclic amines) is 1. The largest absolute Gasteiger partial charge is 0.322 e. The quantitative estimate of drug-likeness (QED) is 0.897. The first-order chi connectivity index (χ1) is 10.6. The minimum atomic E-state index is -0.504. The lowest BCUT2D eigenvalue weighted by molar-refractivity contribution is -0.118. The molecule has 1 aromatic carbocycles. The predicted octanol–water partition coefficient (Wildman–Crippen LogP) is 2.49. The average molecular weight is 326 g/mol. The molecule has 1 spiro atoms. The topological polar surface area (TPSA) is 44.4 Å². The number of halogens is 2. The Balaban J connectivity index is 1.57. The maximum absolute atomic E-state index is 13.7. The third-order valence-electron chi connectivity index (χ3n) is 4.65. The van der Waals surface area contributed by atoms with Crippen molar-refractivity contribution in [3.05, 3.63) is 29.0 Å². The molecule has 0 aliphatic carbocycles. The van der Waals surface area contributed by atoms with Gasteiger partial charge in [0.1, 0.15) is 5.82 Å². The zero-order chi connectivity index (χ0) is 15.6. The lowest BCUT2D eigenvalue weighted by Gasteiger charge is -2.39. The van der Waals surface area contributed by atoms with Crippen LogP contribution in [-0.4, -0.2) is 43.5 Å². The molecule has 4 nitrogen and oxygen atoms in total. The van der Waals surface area contributed by atoms with Crippen LogP contribution in [0.15, 0.2) is 18.2 Å². The van der Waals surface area contributed by atoms with Gasteiger partial charge in [0.25, 0.3) is 0 Å². The van der Waals surface area contributed by atoms with Gasteiger partial charge in [0.05, 0.1) is 12.2 Å². The zero-order valence-electron chi connectivity index (χ0n) is 12.5. The molecule has 120 valence electrons. The van der Waals surface area contributed by atoms with Crippen molar-refractivity contribution in [2.24, 2.45) is 5.41 Å². The van der Waals surface area contributed by atoms with Crippen LogP contribution in [0.3, 0.4) is 0 Å². The van der Waals surface area contributed by atoms with Gasteiger partial charge >= 0.3 is 0 Å². The van der Waals surface area contributed by atoms with E-state index in [0.717, 1.165) is 32.6 Å². The Hall–Kier alpha value is -1.17. The van der Waals surface area contributed by atoms with Gasteiger partial charge in [-0.3, -0.25) is 9.69 Å². The van der Waals surface area contributed by atoms with Crippen molar-refractivity contribution in [3.63, 3.8) is 0 Å². The summed E-state index contributed by atoms with van der Waals surface area (Å²) < 4.78 is 13.7. The molecule has 0 radical (unpaired) electrons. The zero-order valence-corrected chi connectivity index (χ0v) is 13.3. The molecule has 1 atom stereocenters. The maximum atomic E-state index is 13.7. The molecule has 0 saturated carbocycles. The van der Waals surface area contributed by atoms with Gasteiger partial charge in [0, 0.05) is 18.1 Å². The lowest BCUT2D eigenvalue weighted by Crippen LogP contribution is -2.47. The Morgan fingerprint density at radius 1 is 1.45 bits per heavy atom. The fourth-order valence-corrected chi connectivity index (χ4v) is 3.73. The number of piperidine rings is 1. The Kier molecular flexibility index (Phi) is 4.66. The molecular formula is C16H21ClFN3O. The van der Waals surface area contributed by atoms with Gasteiger partial charge in [0.15, 0.2) is 0 Å². The van der Waals surface area contributed by atoms with Crippen molar-refractivity contribution < 1.29 is 9.18 Å². The molecule has 2 fully saturated rings. The van der Waals surface area contributed by atoms with E-state index < -0.39 is 5.82 Å². The van der Waals surface area contributed by atoms with Crippen molar-refractivity contribution in [2.45, 2.75) is 19.3 Å². The number of rotatable bonds is 3. The number of carbonyl (C=O) groups is 1. The standard InChI is InChI=1S/C16H21ClFN3O/c17-12-2-3-14(13(18)8-12)20-15(22)9-21-7-1-4-16(11-21)5-6-19-10-16/h2-3,8,19H,1,4-7,9-11H2,(H,20,22). The second kappa shape index (κ2) is 6.52. The van der Waals surface area contributed by atoms with E-state index in [9.17, 15) is 9.18 Å². The lowest BCUT2D eigenvalue weighted by atomic mass is 9.79. The summed E-state index contributed by atoms with van der Waals surface area (Å²) in [6.07, 6.45) is 3.52. The molecule has 1 aromatic rings. The summed E-state index contributed by atoms with van der Waals surface area (Å²) in [5.74, 6) is -0.680. The number of carbonyl (C=O) groups excluding carboxylic acids is 1. The van der Waals surface area contributed by atoms with Crippen LogP contribution in [0.5, 0.6) is 0 Å². The first-order valence-corrected chi connectivity index (χ1v) is 8.12. The fraction of sp³-hybridized carbons (Fsp3) is 0.562. The van der Waals surface area contributed by atoms with Crippen molar-refractivity contribution in [3.8, 4) is 0 Å². The number of nitrogens with one attached hydrogen (secondary N) is 2. The van der Waals surface area contributed by atoms with Gasteiger partial charge < -0.3 is 10.6 Å². The molecule has 1 amide bonds. The van der Waals surface area contributed by atoms with E-state index in [4.69, 9.17) is 11.6 Å². The van der Waals surface area contributed by atoms with E-state index in [-0.39, 0.29) is 11.6 Å². The van der Waals surface area contributed by atoms with Gasteiger partial charge in [-0.15, -0.1) is 0 Å². The van der Waals surface area contributed by atoms with Gasteiger partial charge in [-0.1, -0.05) is 11.6 Å². The monoisotopic (exact) mass is 325 g/mol. The number of anilines is 1. The molecule has 2 aliphatic rings. The molecule has 0 aromatic heterocycles. The molecule has 0 bridgehead atoms. The minimum Gasteiger partial charge on any atom is -0.322 e. The molecule has 22 heavy (non-hydrogen) atoms. The highest BCUT2D eigenvalue weighted by molar-refractivity contribution is 6.30. The summed E-state index contributed by atoms with van der Waals surface area (Å²) in [7, 11) is 0. The second-order valence-electron chi connectivity index (χ2n) is 6.41. The van der Waals surface area contributed by atoms with Crippen LogP contribution in [0.4, 0.5) is 10.1 Å². The SMILES string of the molecule is O=C(CN1CCCC2(CCNC2)C1)Nc1ccc(Cl)cc1F. The Morgan fingerprint density at radius 2 is 2.32 bits per heavy atom. The molecule has 2 saturated heterocycles. The van der Waals surface area contributed by atoms with Crippen LogP contribution >= 0.6 is 11.6 Å². The number of amides is 1.